The summed E-state index contributed by atoms with van der Waals surface area (Å²) in [5.41, 5.74) is 0. The zero-order chi connectivity index (χ0) is 15.1. The molecule has 6 atom stereocenters. The molecule has 4 nitrogen and oxygen atoms in total. The highest BCUT2D eigenvalue weighted by molar-refractivity contribution is 5.75. The molecule has 3 aliphatic carbocycles. The molecular formula is C17H30N2O2. The van der Waals surface area contributed by atoms with Gasteiger partial charge in [0, 0.05) is 18.6 Å². The van der Waals surface area contributed by atoms with E-state index in [1.807, 2.05) is 13.8 Å². The quantitative estimate of drug-likeness (QED) is 0.837. The van der Waals surface area contributed by atoms with Gasteiger partial charge < -0.3 is 15.3 Å². The van der Waals surface area contributed by atoms with Crippen LogP contribution in [-0.2, 0) is 0 Å². The van der Waals surface area contributed by atoms with Crippen molar-refractivity contribution in [2.45, 2.75) is 71.1 Å². The fourth-order valence-electron chi connectivity index (χ4n) is 5.29. The number of aliphatic hydroxyl groups excluding tert-OH is 1. The maximum Gasteiger partial charge on any atom is 0.317 e. The molecule has 0 aromatic heterocycles. The Balaban J connectivity index is 1.60. The van der Waals surface area contributed by atoms with Crippen molar-refractivity contribution in [3.8, 4) is 0 Å². The Morgan fingerprint density at radius 1 is 1.19 bits per heavy atom. The smallest absolute Gasteiger partial charge is 0.317 e. The maximum atomic E-state index is 12.5. The Morgan fingerprint density at radius 3 is 2.57 bits per heavy atom. The van der Waals surface area contributed by atoms with Gasteiger partial charge in [-0.15, -0.1) is 0 Å². The normalized spacial score (nSPS) is 38.6. The van der Waals surface area contributed by atoms with Crippen LogP contribution < -0.4 is 5.32 Å². The first kappa shape index (κ1) is 15.1. The number of hydrogen-bond donors (Lipinski definition) is 2. The van der Waals surface area contributed by atoms with E-state index >= 15 is 0 Å². The van der Waals surface area contributed by atoms with Crippen LogP contribution in [0.1, 0.15) is 52.9 Å². The summed E-state index contributed by atoms with van der Waals surface area (Å²) >= 11 is 0. The summed E-state index contributed by atoms with van der Waals surface area (Å²) in [6, 6.07) is 0.507. The molecule has 0 aliphatic heterocycles. The minimum absolute atomic E-state index is 0.0120. The second-order valence-corrected chi connectivity index (χ2v) is 7.81. The van der Waals surface area contributed by atoms with Gasteiger partial charge in [0.1, 0.15) is 0 Å². The fraction of sp³-hybridized carbons (Fsp3) is 0.941. The van der Waals surface area contributed by atoms with Gasteiger partial charge in [0.25, 0.3) is 0 Å². The summed E-state index contributed by atoms with van der Waals surface area (Å²) in [7, 11) is 0. The highest BCUT2D eigenvalue weighted by atomic mass is 16.3. The molecule has 0 radical (unpaired) electrons. The number of hydrogen-bond acceptors (Lipinski definition) is 2. The number of aliphatic hydroxyl groups is 1. The molecule has 4 heteroatoms. The van der Waals surface area contributed by atoms with Crippen LogP contribution in [0.2, 0.25) is 0 Å². The fourth-order valence-corrected chi connectivity index (χ4v) is 5.29. The summed E-state index contributed by atoms with van der Waals surface area (Å²) in [5.74, 6) is 3.41. The van der Waals surface area contributed by atoms with Gasteiger partial charge in [0.15, 0.2) is 0 Å². The first-order valence-corrected chi connectivity index (χ1v) is 8.72. The maximum absolute atomic E-state index is 12.5. The second-order valence-electron chi connectivity index (χ2n) is 7.81. The molecule has 3 fully saturated rings. The number of urea groups is 1. The van der Waals surface area contributed by atoms with E-state index in [1.54, 1.807) is 11.8 Å². The standard InChI is InChI=1S/C17H30N2O2/c1-10(2)19(9-11(3)20)17(21)18-16-8-12-7-15(16)14-6-4-5-13(12)14/h10-16,20H,4-9H2,1-3H3,(H,18,21). The average Bonchev–Trinajstić information content (AvgIpc) is 3.06. The van der Waals surface area contributed by atoms with Gasteiger partial charge in [-0.3, -0.25) is 0 Å². The topological polar surface area (TPSA) is 52.6 Å². The average molecular weight is 294 g/mol. The van der Waals surface area contributed by atoms with Crippen molar-refractivity contribution in [3.05, 3.63) is 0 Å². The molecular weight excluding hydrogens is 264 g/mol. The summed E-state index contributed by atoms with van der Waals surface area (Å²) in [6.45, 7) is 6.17. The monoisotopic (exact) mass is 294 g/mol. The molecule has 0 saturated heterocycles. The van der Waals surface area contributed by atoms with Gasteiger partial charge in [-0.2, -0.15) is 0 Å². The van der Waals surface area contributed by atoms with Crippen LogP contribution in [0.4, 0.5) is 4.79 Å². The number of fused-ring (bicyclic) bond motifs is 5. The van der Waals surface area contributed by atoms with Crippen molar-refractivity contribution < 1.29 is 9.90 Å². The third-order valence-corrected chi connectivity index (χ3v) is 6.08. The number of nitrogens with zero attached hydrogens (tertiary/aromatic N) is 1. The van der Waals surface area contributed by atoms with Crippen molar-refractivity contribution in [2.24, 2.45) is 23.7 Å². The van der Waals surface area contributed by atoms with E-state index in [0.717, 1.165) is 17.8 Å². The van der Waals surface area contributed by atoms with Gasteiger partial charge in [0.2, 0.25) is 0 Å². The van der Waals surface area contributed by atoms with Gasteiger partial charge >= 0.3 is 6.03 Å². The molecule has 120 valence electrons. The Hall–Kier alpha value is -0.770. The molecule has 2 N–H and O–H groups in total. The minimum atomic E-state index is -0.475. The van der Waals surface area contributed by atoms with E-state index in [-0.39, 0.29) is 12.1 Å². The zero-order valence-electron chi connectivity index (χ0n) is 13.6. The van der Waals surface area contributed by atoms with Crippen LogP contribution in [0.15, 0.2) is 0 Å². The summed E-state index contributed by atoms with van der Waals surface area (Å²) < 4.78 is 0. The van der Waals surface area contributed by atoms with E-state index in [4.69, 9.17) is 0 Å². The number of carbonyl (C=O) groups excluding carboxylic acids is 1. The number of rotatable bonds is 4. The Kier molecular flexibility index (Phi) is 4.17. The Bertz CT molecular complexity index is 396. The first-order chi connectivity index (χ1) is 9.97. The summed E-state index contributed by atoms with van der Waals surface area (Å²) in [6.07, 6.45) is 6.23. The van der Waals surface area contributed by atoms with E-state index in [0.29, 0.717) is 18.5 Å². The van der Waals surface area contributed by atoms with Crippen LogP contribution >= 0.6 is 0 Å². The van der Waals surface area contributed by atoms with Crippen LogP contribution in [0.5, 0.6) is 0 Å². The van der Waals surface area contributed by atoms with E-state index in [9.17, 15) is 9.90 Å². The molecule has 0 spiro atoms. The van der Waals surface area contributed by atoms with Crippen LogP contribution in [0.25, 0.3) is 0 Å². The van der Waals surface area contributed by atoms with E-state index < -0.39 is 6.10 Å². The lowest BCUT2D eigenvalue weighted by Gasteiger charge is -2.35. The van der Waals surface area contributed by atoms with Crippen molar-refractivity contribution in [3.63, 3.8) is 0 Å². The number of nitrogens with one attached hydrogen (secondary N) is 1. The molecule has 6 unspecified atom stereocenters. The molecule has 3 saturated carbocycles. The van der Waals surface area contributed by atoms with Gasteiger partial charge in [0.05, 0.1) is 6.10 Å². The molecule has 2 bridgehead atoms. The van der Waals surface area contributed by atoms with Gasteiger partial charge in [-0.25, -0.2) is 4.79 Å². The van der Waals surface area contributed by atoms with Crippen LogP contribution in [0, 0.1) is 23.7 Å². The second kappa shape index (κ2) is 5.79. The molecule has 3 aliphatic rings. The highest BCUT2D eigenvalue weighted by Crippen LogP contribution is 2.58. The molecule has 0 heterocycles. The first-order valence-electron chi connectivity index (χ1n) is 8.72. The molecule has 0 aromatic rings. The summed E-state index contributed by atoms with van der Waals surface area (Å²) in [4.78, 5) is 14.3. The van der Waals surface area contributed by atoms with Crippen LogP contribution in [0.3, 0.4) is 0 Å². The van der Waals surface area contributed by atoms with Gasteiger partial charge in [-0.05, 0) is 70.1 Å². The van der Waals surface area contributed by atoms with Crippen LogP contribution in [-0.4, -0.2) is 40.8 Å². The third kappa shape index (κ3) is 2.79. The lowest BCUT2D eigenvalue weighted by Crippen LogP contribution is -2.52. The molecule has 0 aromatic carbocycles. The zero-order valence-corrected chi connectivity index (χ0v) is 13.6. The Labute approximate surface area is 128 Å². The molecule has 2 amide bonds. The number of amides is 2. The molecule has 21 heavy (non-hydrogen) atoms. The number of carbonyl (C=O) groups is 1. The van der Waals surface area contributed by atoms with Gasteiger partial charge in [-0.1, -0.05) is 6.42 Å². The summed E-state index contributed by atoms with van der Waals surface area (Å²) in [5, 5.41) is 12.9. The van der Waals surface area contributed by atoms with E-state index in [2.05, 4.69) is 5.32 Å². The van der Waals surface area contributed by atoms with Crippen molar-refractivity contribution in [1.29, 1.82) is 0 Å². The van der Waals surface area contributed by atoms with Crippen molar-refractivity contribution >= 4 is 6.03 Å². The van der Waals surface area contributed by atoms with Crippen molar-refractivity contribution in [2.75, 3.05) is 6.54 Å². The van der Waals surface area contributed by atoms with E-state index in [1.165, 1.54) is 32.1 Å². The third-order valence-electron chi connectivity index (χ3n) is 6.08. The predicted octanol–water partition coefficient (Wildman–Crippen LogP) is 2.61. The van der Waals surface area contributed by atoms with Crippen molar-refractivity contribution in [1.82, 2.24) is 10.2 Å². The lowest BCUT2D eigenvalue weighted by atomic mass is 9.79. The minimum Gasteiger partial charge on any atom is -0.392 e. The lowest BCUT2D eigenvalue weighted by molar-refractivity contribution is 0.113. The predicted molar refractivity (Wildman–Crippen MR) is 82.9 cm³/mol. The highest BCUT2D eigenvalue weighted by Gasteiger charge is 2.54. The SMILES string of the molecule is CC(O)CN(C(=O)NC1CC2CC1C1CCCC21)C(C)C. The largest absolute Gasteiger partial charge is 0.392 e. The molecule has 3 rings (SSSR count). The Morgan fingerprint density at radius 2 is 1.90 bits per heavy atom.